The zero-order valence-corrected chi connectivity index (χ0v) is 3.97. The molecule has 1 fully saturated rings. The van der Waals surface area contributed by atoms with Crippen LogP contribution in [0.3, 0.4) is 0 Å². The van der Waals surface area contributed by atoms with Crippen molar-refractivity contribution >= 4 is 11.6 Å². The monoisotopic (exact) mass is 130 g/mol. The van der Waals surface area contributed by atoms with E-state index < -0.39 is 17.5 Å². The highest BCUT2D eigenvalue weighted by molar-refractivity contribution is 6.25. The molecule has 0 aliphatic heterocycles. The maximum Gasteiger partial charge on any atom is 0.300 e. The topological polar surface area (TPSA) is 0 Å². The third kappa shape index (κ3) is 0.592. The van der Waals surface area contributed by atoms with Crippen molar-refractivity contribution < 1.29 is 13.2 Å². The lowest BCUT2D eigenvalue weighted by molar-refractivity contribution is 0.0744. The van der Waals surface area contributed by atoms with Crippen molar-refractivity contribution in [1.29, 1.82) is 0 Å². The summed E-state index contributed by atoms with van der Waals surface area (Å²) in [6, 6.07) is 0. The molecule has 0 N–H and O–H groups in total. The smallest absolute Gasteiger partial charge is 0.219 e. The molecule has 1 atom stereocenters. The zero-order valence-electron chi connectivity index (χ0n) is 3.22. The Labute approximate surface area is 43.3 Å². The van der Waals surface area contributed by atoms with Gasteiger partial charge in [0.05, 0.1) is 6.42 Å². The van der Waals surface area contributed by atoms with E-state index in [0.29, 0.717) is 0 Å². The summed E-state index contributed by atoms with van der Waals surface area (Å²) in [5, 5.41) is -2.72. The standard InChI is InChI=1S/C3H2ClF3/c4-2(5)1-3(2,6)7/h1H2. The molecule has 4 heteroatoms. The molecule has 0 aromatic rings. The van der Waals surface area contributed by atoms with E-state index in [4.69, 9.17) is 0 Å². The molecule has 0 amide bonds. The summed E-state index contributed by atoms with van der Waals surface area (Å²) >= 11 is 4.52. The van der Waals surface area contributed by atoms with Crippen LogP contribution in [0.2, 0.25) is 0 Å². The van der Waals surface area contributed by atoms with Crippen molar-refractivity contribution in [2.75, 3.05) is 0 Å². The molecule has 1 aliphatic rings. The maximum atomic E-state index is 11.6. The number of alkyl halides is 4. The van der Waals surface area contributed by atoms with Gasteiger partial charge in [0.1, 0.15) is 0 Å². The van der Waals surface area contributed by atoms with Crippen molar-refractivity contribution in [2.45, 2.75) is 17.5 Å². The van der Waals surface area contributed by atoms with Gasteiger partial charge in [-0.1, -0.05) is 11.6 Å². The average molecular weight is 130 g/mol. The van der Waals surface area contributed by atoms with Crippen LogP contribution in [0.25, 0.3) is 0 Å². The molecule has 0 saturated heterocycles. The van der Waals surface area contributed by atoms with Crippen molar-refractivity contribution in [3.05, 3.63) is 0 Å². The van der Waals surface area contributed by atoms with Gasteiger partial charge in [-0.15, -0.1) is 0 Å². The molecular formula is C3H2ClF3. The van der Waals surface area contributed by atoms with Crippen LogP contribution in [0.4, 0.5) is 13.2 Å². The van der Waals surface area contributed by atoms with Crippen LogP contribution in [0.1, 0.15) is 6.42 Å². The molecule has 1 rings (SSSR count). The molecule has 0 bridgehead atoms. The Morgan fingerprint density at radius 1 is 1.29 bits per heavy atom. The average Bonchev–Trinajstić information content (AvgIpc) is 1.63. The molecule has 7 heavy (non-hydrogen) atoms. The predicted molar refractivity (Wildman–Crippen MR) is 19.3 cm³/mol. The minimum Gasteiger partial charge on any atom is -0.219 e. The summed E-state index contributed by atoms with van der Waals surface area (Å²) in [6.45, 7) is 0. The molecule has 42 valence electrons. The second kappa shape index (κ2) is 0.917. The lowest BCUT2D eigenvalue weighted by Gasteiger charge is -1.89. The van der Waals surface area contributed by atoms with Crippen LogP contribution in [0, 0.1) is 0 Å². The molecule has 1 aliphatic carbocycles. The third-order valence-corrected chi connectivity index (χ3v) is 1.26. The number of halogens is 4. The van der Waals surface area contributed by atoms with E-state index in [1.54, 1.807) is 0 Å². The molecule has 0 nitrogen and oxygen atoms in total. The molecule has 0 aromatic heterocycles. The van der Waals surface area contributed by atoms with Gasteiger partial charge in [0.25, 0.3) is 11.1 Å². The highest BCUT2D eigenvalue weighted by Crippen LogP contribution is 2.58. The van der Waals surface area contributed by atoms with Crippen LogP contribution >= 0.6 is 11.6 Å². The van der Waals surface area contributed by atoms with Gasteiger partial charge >= 0.3 is 0 Å². The lowest BCUT2D eigenvalue weighted by atomic mass is 10.8. The van der Waals surface area contributed by atoms with E-state index in [-0.39, 0.29) is 0 Å². The van der Waals surface area contributed by atoms with Gasteiger partial charge in [0.2, 0.25) is 0 Å². The number of hydrogen-bond acceptors (Lipinski definition) is 0. The van der Waals surface area contributed by atoms with Gasteiger partial charge < -0.3 is 0 Å². The van der Waals surface area contributed by atoms with E-state index in [1.165, 1.54) is 0 Å². The summed E-state index contributed by atoms with van der Waals surface area (Å²) in [7, 11) is 0. The van der Waals surface area contributed by atoms with Gasteiger partial charge in [-0.3, -0.25) is 0 Å². The Balaban J connectivity index is 2.59. The molecule has 1 saturated carbocycles. The molecule has 0 spiro atoms. The van der Waals surface area contributed by atoms with Gasteiger partial charge in [-0.2, -0.15) is 0 Å². The first kappa shape index (κ1) is 5.22. The van der Waals surface area contributed by atoms with Crippen molar-refractivity contribution in [3.63, 3.8) is 0 Å². The minimum atomic E-state index is -3.26. The Kier molecular flexibility index (Phi) is 0.684. The highest BCUT2D eigenvalue weighted by atomic mass is 35.5. The Morgan fingerprint density at radius 2 is 1.43 bits per heavy atom. The van der Waals surface area contributed by atoms with Crippen LogP contribution in [-0.4, -0.2) is 11.1 Å². The fourth-order valence-electron chi connectivity index (χ4n) is 0.235. The van der Waals surface area contributed by atoms with Crippen LogP contribution in [0.5, 0.6) is 0 Å². The molecule has 1 unspecified atom stereocenters. The fraction of sp³-hybridized carbons (Fsp3) is 1.00. The normalized spacial score (nSPS) is 46.3. The summed E-state index contributed by atoms with van der Waals surface area (Å²) in [5.41, 5.74) is 0. The van der Waals surface area contributed by atoms with Gasteiger partial charge in [0.15, 0.2) is 0 Å². The van der Waals surface area contributed by atoms with Crippen LogP contribution in [-0.2, 0) is 0 Å². The quantitative estimate of drug-likeness (QED) is 0.440. The molecule has 0 radical (unpaired) electrons. The number of hydrogen-bond donors (Lipinski definition) is 0. The summed E-state index contributed by atoms with van der Waals surface area (Å²) in [4.78, 5) is 0. The van der Waals surface area contributed by atoms with Crippen molar-refractivity contribution in [1.82, 2.24) is 0 Å². The van der Waals surface area contributed by atoms with E-state index in [2.05, 4.69) is 11.6 Å². The van der Waals surface area contributed by atoms with Crippen molar-refractivity contribution in [2.24, 2.45) is 0 Å². The Morgan fingerprint density at radius 3 is 1.43 bits per heavy atom. The molecular weight excluding hydrogens is 128 g/mol. The molecule has 0 aromatic carbocycles. The summed E-state index contributed by atoms with van der Waals surface area (Å²) in [6.07, 6.45) is -0.832. The van der Waals surface area contributed by atoms with E-state index in [1.807, 2.05) is 0 Å². The number of rotatable bonds is 0. The van der Waals surface area contributed by atoms with Crippen LogP contribution < -0.4 is 0 Å². The third-order valence-electron chi connectivity index (χ3n) is 0.854. The first-order chi connectivity index (χ1) is 2.96. The highest BCUT2D eigenvalue weighted by Gasteiger charge is 2.72. The summed E-state index contributed by atoms with van der Waals surface area (Å²) < 4.78 is 34.4. The van der Waals surface area contributed by atoms with E-state index >= 15 is 0 Å². The largest absolute Gasteiger partial charge is 0.300 e. The van der Waals surface area contributed by atoms with Gasteiger partial charge in [0, 0.05) is 0 Å². The summed E-state index contributed by atoms with van der Waals surface area (Å²) in [5.74, 6) is -3.26. The van der Waals surface area contributed by atoms with Crippen molar-refractivity contribution in [3.8, 4) is 0 Å². The first-order valence-electron chi connectivity index (χ1n) is 1.71. The van der Waals surface area contributed by atoms with E-state index in [9.17, 15) is 13.2 Å². The van der Waals surface area contributed by atoms with Gasteiger partial charge in [-0.05, 0) is 0 Å². The molecule has 0 heterocycles. The zero-order chi connectivity index (χ0) is 5.71. The Bertz CT molecular complexity index is 86.4. The SMILES string of the molecule is FC1(F)CC1(F)Cl. The minimum absolute atomic E-state index is 0.832. The fourth-order valence-corrected chi connectivity index (χ4v) is 0.402. The first-order valence-corrected chi connectivity index (χ1v) is 2.09. The van der Waals surface area contributed by atoms with E-state index in [0.717, 1.165) is 0 Å². The maximum absolute atomic E-state index is 11.6. The Hall–Kier alpha value is 0.0800. The second-order valence-electron chi connectivity index (χ2n) is 1.59. The van der Waals surface area contributed by atoms with Gasteiger partial charge in [-0.25, -0.2) is 13.2 Å². The second-order valence-corrected chi connectivity index (χ2v) is 2.18. The predicted octanol–water partition coefficient (Wildman–Crippen LogP) is 1.93. The lowest BCUT2D eigenvalue weighted by Crippen LogP contribution is -2.01. The van der Waals surface area contributed by atoms with Crippen LogP contribution in [0.15, 0.2) is 0 Å².